The van der Waals surface area contributed by atoms with Crippen LogP contribution in [-0.4, -0.2) is 37.0 Å². The highest BCUT2D eigenvalue weighted by Gasteiger charge is 2.17. The molecule has 1 aromatic heterocycles. The molecule has 31 heavy (non-hydrogen) atoms. The number of fused-ring (bicyclic) bond motifs is 1. The lowest BCUT2D eigenvalue weighted by Crippen LogP contribution is -2.31. The van der Waals surface area contributed by atoms with E-state index in [-0.39, 0.29) is 29.2 Å². The summed E-state index contributed by atoms with van der Waals surface area (Å²) in [4.78, 5) is 16.6. The molecule has 0 unspecified atom stereocenters. The standard InChI is InChI=1S/C23H30N4O3S/c1-23(2,3)18-9-11-19(12-10-18)31(29,30)26-15-13-22(28)24-14-6-16-27-17-25-20-7-4-5-8-21(20)27/h4-5,7-12,17,26H,6,13-16H2,1-3H3,(H,24,28). The Kier molecular flexibility index (Phi) is 7.12. The first kappa shape index (κ1) is 23.0. The van der Waals surface area contributed by atoms with Gasteiger partial charge >= 0.3 is 0 Å². The monoisotopic (exact) mass is 442 g/mol. The number of imidazole rings is 1. The Morgan fingerprint density at radius 3 is 2.45 bits per heavy atom. The van der Waals surface area contributed by atoms with Crippen molar-refractivity contribution in [1.82, 2.24) is 19.6 Å². The fourth-order valence-electron chi connectivity index (χ4n) is 3.27. The van der Waals surface area contributed by atoms with Crippen molar-refractivity contribution in [3.63, 3.8) is 0 Å². The van der Waals surface area contributed by atoms with E-state index in [0.717, 1.165) is 29.6 Å². The molecule has 7 nitrogen and oxygen atoms in total. The van der Waals surface area contributed by atoms with E-state index >= 15 is 0 Å². The first-order valence-electron chi connectivity index (χ1n) is 10.4. The second kappa shape index (κ2) is 9.62. The van der Waals surface area contributed by atoms with Crippen molar-refractivity contribution >= 4 is 27.0 Å². The van der Waals surface area contributed by atoms with E-state index in [2.05, 4.69) is 40.4 Å². The van der Waals surface area contributed by atoms with Gasteiger partial charge in [-0.05, 0) is 41.7 Å². The molecule has 0 aliphatic heterocycles. The molecule has 0 saturated heterocycles. The maximum atomic E-state index is 12.4. The second-order valence-electron chi connectivity index (χ2n) is 8.55. The second-order valence-corrected chi connectivity index (χ2v) is 10.3. The number of hydrogen-bond donors (Lipinski definition) is 2. The maximum absolute atomic E-state index is 12.4. The normalized spacial score (nSPS) is 12.2. The topological polar surface area (TPSA) is 93.1 Å². The molecule has 1 heterocycles. The van der Waals surface area contributed by atoms with Gasteiger partial charge in [-0.15, -0.1) is 0 Å². The highest BCUT2D eigenvalue weighted by atomic mass is 32.2. The summed E-state index contributed by atoms with van der Waals surface area (Å²) in [5.41, 5.74) is 3.04. The van der Waals surface area contributed by atoms with E-state index < -0.39 is 10.0 Å². The first-order chi connectivity index (χ1) is 14.7. The van der Waals surface area contributed by atoms with Gasteiger partial charge in [0.25, 0.3) is 0 Å². The number of carbonyl (C=O) groups is 1. The predicted molar refractivity (Wildman–Crippen MR) is 122 cm³/mol. The van der Waals surface area contributed by atoms with Gasteiger partial charge in [-0.2, -0.15) is 0 Å². The number of nitrogens with one attached hydrogen (secondary N) is 2. The van der Waals surface area contributed by atoms with Crippen molar-refractivity contribution in [3.8, 4) is 0 Å². The summed E-state index contributed by atoms with van der Waals surface area (Å²) in [6, 6.07) is 14.8. The van der Waals surface area contributed by atoms with Gasteiger partial charge < -0.3 is 9.88 Å². The van der Waals surface area contributed by atoms with Crippen molar-refractivity contribution in [2.45, 2.75) is 50.5 Å². The third kappa shape index (κ3) is 6.15. The van der Waals surface area contributed by atoms with E-state index in [0.29, 0.717) is 6.54 Å². The zero-order valence-corrected chi connectivity index (χ0v) is 19.1. The van der Waals surface area contributed by atoms with Crippen LogP contribution in [0.4, 0.5) is 0 Å². The van der Waals surface area contributed by atoms with E-state index in [1.165, 1.54) is 0 Å². The van der Waals surface area contributed by atoms with Crippen LogP contribution in [0, 0.1) is 0 Å². The molecule has 8 heteroatoms. The first-order valence-corrected chi connectivity index (χ1v) is 11.9. The van der Waals surface area contributed by atoms with Gasteiger partial charge in [-0.3, -0.25) is 4.79 Å². The number of sulfonamides is 1. The summed E-state index contributed by atoms with van der Waals surface area (Å²) in [6.45, 7) is 7.55. The molecule has 0 fully saturated rings. The number of rotatable bonds is 9. The molecule has 0 atom stereocenters. The van der Waals surface area contributed by atoms with Crippen molar-refractivity contribution in [3.05, 3.63) is 60.4 Å². The largest absolute Gasteiger partial charge is 0.356 e. The summed E-state index contributed by atoms with van der Waals surface area (Å²) in [6.07, 6.45) is 2.65. The average molecular weight is 443 g/mol. The van der Waals surface area contributed by atoms with Gasteiger partial charge in [0.1, 0.15) is 0 Å². The number of benzene rings is 2. The molecule has 2 N–H and O–H groups in total. The molecule has 0 aliphatic rings. The van der Waals surface area contributed by atoms with Crippen LogP contribution >= 0.6 is 0 Å². The molecule has 0 radical (unpaired) electrons. The van der Waals surface area contributed by atoms with Crippen LogP contribution in [0.5, 0.6) is 0 Å². The van der Waals surface area contributed by atoms with Crippen molar-refractivity contribution in [2.24, 2.45) is 0 Å². The van der Waals surface area contributed by atoms with Gasteiger partial charge in [-0.25, -0.2) is 18.1 Å². The lowest BCUT2D eigenvalue weighted by atomic mass is 9.87. The van der Waals surface area contributed by atoms with E-state index in [4.69, 9.17) is 0 Å². The van der Waals surface area contributed by atoms with E-state index in [9.17, 15) is 13.2 Å². The minimum Gasteiger partial charge on any atom is -0.356 e. The van der Waals surface area contributed by atoms with E-state index in [1.54, 1.807) is 18.5 Å². The lowest BCUT2D eigenvalue weighted by Gasteiger charge is -2.19. The number of nitrogens with zero attached hydrogens (tertiary/aromatic N) is 2. The van der Waals surface area contributed by atoms with Gasteiger partial charge in [0.15, 0.2) is 0 Å². The summed E-state index contributed by atoms with van der Waals surface area (Å²) in [7, 11) is -3.63. The van der Waals surface area contributed by atoms with Gasteiger partial charge in [0.2, 0.25) is 15.9 Å². The predicted octanol–water partition coefficient (Wildman–Crippen LogP) is 3.21. The fraction of sp³-hybridized carbons (Fsp3) is 0.391. The number of hydrogen-bond acceptors (Lipinski definition) is 4. The molecular weight excluding hydrogens is 412 g/mol. The molecule has 0 spiro atoms. The summed E-state index contributed by atoms with van der Waals surface area (Å²) >= 11 is 0. The molecular formula is C23H30N4O3S. The number of aryl methyl sites for hydroxylation is 1. The Morgan fingerprint density at radius 2 is 1.74 bits per heavy atom. The molecule has 2 aromatic carbocycles. The minimum atomic E-state index is -3.63. The molecule has 1 amide bonds. The zero-order chi connectivity index (χ0) is 22.5. The van der Waals surface area contributed by atoms with Crippen LogP contribution < -0.4 is 10.0 Å². The third-order valence-corrected chi connectivity index (χ3v) is 6.58. The van der Waals surface area contributed by atoms with Crippen LogP contribution in [0.15, 0.2) is 59.8 Å². The number of carbonyl (C=O) groups excluding carboxylic acids is 1. The van der Waals surface area contributed by atoms with Crippen LogP contribution in [0.1, 0.15) is 39.2 Å². The molecule has 3 aromatic rings. The van der Waals surface area contributed by atoms with Crippen molar-refractivity contribution in [1.29, 1.82) is 0 Å². The fourth-order valence-corrected chi connectivity index (χ4v) is 4.30. The Balaban J connectivity index is 1.39. The highest BCUT2D eigenvalue weighted by Crippen LogP contribution is 2.23. The summed E-state index contributed by atoms with van der Waals surface area (Å²) in [5, 5.41) is 2.84. The quantitative estimate of drug-likeness (QED) is 0.498. The van der Waals surface area contributed by atoms with Crippen LogP contribution in [0.3, 0.4) is 0 Å². The average Bonchev–Trinajstić information content (AvgIpc) is 3.14. The highest BCUT2D eigenvalue weighted by molar-refractivity contribution is 7.89. The smallest absolute Gasteiger partial charge is 0.240 e. The molecule has 0 bridgehead atoms. The van der Waals surface area contributed by atoms with Crippen LogP contribution in [0.2, 0.25) is 0 Å². The van der Waals surface area contributed by atoms with E-state index in [1.807, 2.05) is 36.4 Å². The van der Waals surface area contributed by atoms with Gasteiger partial charge in [0, 0.05) is 26.1 Å². The third-order valence-electron chi connectivity index (χ3n) is 5.10. The minimum absolute atomic E-state index is 0.0429. The van der Waals surface area contributed by atoms with Crippen LogP contribution in [-0.2, 0) is 26.8 Å². The molecule has 166 valence electrons. The summed E-state index contributed by atoms with van der Waals surface area (Å²) in [5.74, 6) is -0.179. The maximum Gasteiger partial charge on any atom is 0.240 e. The number of para-hydroxylation sites is 2. The van der Waals surface area contributed by atoms with Crippen LogP contribution in [0.25, 0.3) is 11.0 Å². The lowest BCUT2D eigenvalue weighted by molar-refractivity contribution is -0.120. The molecule has 3 rings (SSSR count). The zero-order valence-electron chi connectivity index (χ0n) is 18.3. The Hall–Kier alpha value is -2.71. The van der Waals surface area contributed by atoms with Crippen molar-refractivity contribution < 1.29 is 13.2 Å². The SMILES string of the molecule is CC(C)(C)c1ccc(S(=O)(=O)NCCC(=O)NCCCn2cnc3ccccc32)cc1. The van der Waals surface area contributed by atoms with Gasteiger partial charge in [0.05, 0.1) is 22.3 Å². The Bertz CT molecular complexity index is 1130. The molecule has 0 aliphatic carbocycles. The number of amides is 1. The summed E-state index contributed by atoms with van der Waals surface area (Å²) < 4.78 is 29.4. The Morgan fingerprint density at radius 1 is 1.03 bits per heavy atom. The van der Waals surface area contributed by atoms with Crippen molar-refractivity contribution in [2.75, 3.05) is 13.1 Å². The number of aromatic nitrogens is 2. The molecule has 0 saturated carbocycles. The van der Waals surface area contributed by atoms with Gasteiger partial charge in [-0.1, -0.05) is 45.0 Å². The Labute approximate surface area is 183 Å².